The molecule has 1 aliphatic rings. The number of likely N-dealkylation sites (tertiary alicyclic amines) is 1. The SMILES string of the molecule is COc1ccc(OC)c(NC(=S)N2CCC(C)CC2)c1. The first kappa shape index (κ1) is 14.9. The van der Waals surface area contributed by atoms with E-state index in [2.05, 4.69) is 17.1 Å². The van der Waals surface area contributed by atoms with E-state index >= 15 is 0 Å². The minimum absolute atomic E-state index is 0.753. The van der Waals surface area contributed by atoms with Gasteiger partial charge in [-0.1, -0.05) is 6.92 Å². The Hall–Kier alpha value is -1.49. The van der Waals surface area contributed by atoms with Gasteiger partial charge in [-0.2, -0.15) is 0 Å². The third kappa shape index (κ3) is 3.54. The Morgan fingerprint density at radius 1 is 1.25 bits per heavy atom. The maximum Gasteiger partial charge on any atom is 0.173 e. The monoisotopic (exact) mass is 294 g/mol. The van der Waals surface area contributed by atoms with Crippen LogP contribution in [0.4, 0.5) is 5.69 Å². The lowest BCUT2D eigenvalue weighted by Crippen LogP contribution is -2.40. The Bertz CT molecular complexity index is 471. The molecule has 1 heterocycles. The van der Waals surface area contributed by atoms with Crippen LogP contribution in [0.5, 0.6) is 11.5 Å². The van der Waals surface area contributed by atoms with E-state index in [1.807, 2.05) is 18.2 Å². The molecule has 1 aliphatic heterocycles. The maximum atomic E-state index is 5.50. The fourth-order valence-electron chi connectivity index (χ4n) is 2.32. The van der Waals surface area contributed by atoms with Gasteiger partial charge in [-0.15, -0.1) is 0 Å². The van der Waals surface area contributed by atoms with Crippen LogP contribution in [0.3, 0.4) is 0 Å². The fourth-order valence-corrected chi connectivity index (χ4v) is 2.61. The second kappa shape index (κ2) is 6.79. The van der Waals surface area contributed by atoms with E-state index < -0.39 is 0 Å². The highest BCUT2D eigenvalue weighted by Gasteiger charge is 2.18. The van der Waals surface area contributed by atoms with Gasteiger partial charge in [-0.3, -0.25) is 0 Å². The average molecular weight is 294 g/mol. The maximum absolute atomic E-state index is 5.50. The van der Waals surface area contributed by atoms with Crippen LogP contribution in [-0.2, 0) is 0 Å². The van der Waals surface area contributed by atoms with Gasteiger partial charge in [0.1, 0.15) is 11.5 Å². The molecule has 0 aliphatic carbocycles. The molecule has 0 aromatic heterocycles. The molecule has 1 fully saturated rings. The number of nitrogens with one attached hydrogen (secondary N) is 1. The lowest BCUT2D eigenvalue weighted by atomic mass is 10.00. The predicted octanol–water partition coefficient (Wildman–Crippen LogP) is 3.13. The minimum Gasteiger partial charge on any atom is -0.497 e. The van der Waals surface area contributed by atoms with Crippen LogP contribution >= 0.6 is 12.2 Å². The number of hydrogen-bond donors (Lipinski definition) is 1. The van der Waals surface area contributed by atoms with Gasteiger partial charge in [0.15, 0.2) is 5.11 Å². The van der Waals surface area contributed by atoms with Crippen LogP contribution < -0.4 is 14.8 Å². The molecule has 4 nitrogen and oxygen atoms in total. The predicted molar refractivity (Wildman–Crippen MR) is 85.7 cm³/mol. The highest BCUT2D eigenvalue weighted by atomic mass is 32.1. The number of hydrogen-bond acceptors (Lipinski definition) is 3. The third-order valence-corrected chi connectivity index (χ3v) is 4.08. The zero-order valence-electron chi connectivity index (χ0n) is 12.3. The number of benzene rings is 1. The Labute approximate surface area is 126 Å². The van der Waals surface area contributed by atoms with E-state index in [1.165, 1.54) is 12.8 Å². The van der Waals surface area contributed by atoms with Crippen LogP contribution in [0.25, 0.3) is 0 Å². The number of rotatable bonds is 3. The molecule has 1 saturated heterocycles. The molecule has 0 saturated carbocycles. The summed E-state index contributed by atoms with van der Waals surface area (Å²) in [6.07, 6.45) is 2.38. The molecule has 0 spiro atoms. The molecule has 0 unspecified atom stereocenters. The summed E-state index contributed by atoms with van der Waals surface area (Å²) in [6, 6.07) is 5.65. The van der Waals surface area contributed by atoms with Crippen LogP contribution in [0.1, 0.15) is 19.8 Å². The van der Waals surface area contributed by atoms with Crippen LogP contribution in [0.15, 0.2) is 18.2 Å². The van der Waals surface area contributed by atoms with Gasteiger partial charge in [0.05, 0.1) is 19.9 Å². The molecule has 0 atom stereocenters. The molecule has 1 N–H and O–H groups in total. The molecule has 0 bridgehead atoms. The topological polar surface area (TPSA) is 33.7 Å². The van der Waals surface area contributed by atoms with Crippen molar-refractivity contribution in [3.63, 3.8) is 0 Å². The number of piperidine rings is 1. The summed E-state index contributed by atoms with van der Waals surface area (Å²) in [7, 11) is 3.30. The Morgan fingerprint density at radius 3 is 2.55 bits per heavy atom. The first-order valence-electron chi connectivity index (χ1n) is 6.92. The van der Waals surface area contributed by atoms with Crippen molar-refractivity contribution in [1.29, 1.82) is 0 Å². The summed E-state index contributed by atoms with van der Waals surface area (Å²) in [5.74, 6) is 2.34. The highest BCUT2D eigenvalue weighted by Crippen LogP contribution is 2.29. The number of nitrogens with zero attached hydrogens (tertiary/aromatic N) is 1. The van der Waals surface area contributed by atoms with E-state index in [-0.39, 0.29) is 0 Å². The van der Waals surface area contributed by atoms with Gasteiger partial charge in [0.2, 0.25) is 0 Å². The van der Waals surface area contributed by atoms with Gasteiger partial charge in [-0.05, 0) is 43.1 Å². The molecule has 110 valence electrons. The van der Waals surface area contributed by atoms with Crippen LogP contribution in [0, 0.1) is 5.92 Å². The first-order valence-corrected chi connectivity index (χ1v) is 7.33. The number of anilines is 1. The van der Waals surface area contributed by atoms with E-state index in [9.17, 15) is 0 Å². The number of thiocarbonyl (C=S) groups is 1. The molecule has 0 amide bonds. The van der Waals surface area contributed by atoms with Crippen molar-refractivity contribution >= 4 is 23.0 Å². The molecule has 2 rings (SSSR count). The number of ether oxygens (including phenoxy) is 2. The molecule has 1 aromatic rings. The fraction of sp³-hybridized carbons (Fsp3) is 0.533. The molecule has 0 radical (unpaired) electrons. The Balaban J connectivity index is 2.06. The lowest BCUT2D eigenvalue weighted by Gasteiger charge is -2.32. The summed E-state index contributed by atoms with van der Waals surface area (Å²) >= 11 is 5.50. The van der Waals surface area contributed by atoms with Crippen molar-refractivity contribution in [1.82, 2.24) is 4.90 Å². The first-order chi connectivity index (χ1) is 9.63. The van der Waals surface area contributed by atoms with E-state index in [4.69, 9.17) is 21.7 Å². The van der Waals surface area contributed by atoms with Crippen LogP contribution in [0.2, 0.25) is 0 Å². The smallest absolute Gasteiger partial charge is 0.173 e. The quantitative estimate of drug-likeness (QED) is 0.866. The highest BCUT2D eigenvalue weighted by molar-refractivity contribution is 7.80. The van der Waals surface area contributed by atoms with Crippen molar-refractivity contribution in [3.05, 3.63) is 18.2 Å². The van der Waals surface area contributed by atoms with Crippen molar-refractivity contribution in [2.75, 3.05) is 32.6 Å². The van der Waals surface area contributed by atoms with Gasteiger partial charge < -0.3 is 19.7 Å². The van der Waals surface area contributed by atoms with Crippen molar-refractivity contribution < 1.29 is 9.47 Å². The second-order valence-electron chi connectivity index (χ2n) is 5.17. The molecule has 5 heteroatoms. The molecule has 20 heavy (non-hydrogen) atoms. The summed E-state index contributed by atoms with van der Waals surface area (Å²) in [6.45, 7) is 4.32. The summed E-state index contributed by atoms with van der Waals surface area (Å²) < 4.78 is 10.6. The normalized spacial score (nSPS) is 15.8. The zero-order chi connectivity index (χ0) is 14.5. The Morgan fingerprint density at radius 2 is 1.95 bits per heavy atom. The van der Waals surface area contributed by atoms with Crippen molar-refractivity contribution in [3.8, 4) is 11.5 Å². The van der Waals surface area contributed by atoms with Gasteiger partial charge in [0.25, 0.3) is 0 Å². The Kier molecular flexibility index (Phi) is 5.06. The third-order valence-electron chi connectivity index (χ3n) is 3.72. The standard InChI is InChI=1S/C15H22N2O2S/c1-11-6-8-17(9-7-11)15(20)16-13-10-12(18-2)4-5-14(13)19-3/h4-5,10-11H,6-9H2,1-3H3,(H,16,20). The summed E-state index contributed by atoms with van der Waals surface area (Å²) in [5, 5.41) is 4.03. The van der Waals surface area contributed by atoms with Gasteiger partial charge >= 0.3 is 0 Å². The van der Waals surface area contributed by atoms with Crippen molar-refractivity contribution in [2.45, 2.75) is 19.8 Å². The van der Waals surface area contributed by atoms with Gasteiger partial charge in [-0.25, -0.2) is 0 Å². The lowest BCUT2D eigenvalue weighted by molar-refractivity contribution is 0.283. The molecular formula is C15H22N2O2S. The van der Waals surface area contributed by atoms with Crippen LogP contribution in [-0.4, -0.2) is 37.3 Å². The van der Waals surface area contributed by atoms with Gasteiger partial charge in [0, 0.05) is 19.2 Å². The van der Waals surface area contributed by atoms with Crippen molar-refractivity contribution in [2.24, 2.45) is 5.92 Å². The van der Waals surface area contributed by atoms with E-state index in [1.54, 1.807) is 14.2 Å². The molecule has 1 aromatic carbocycles. The summed E-state index contributed by atoms with van der Waals surface area (Å²) in [4.78, 5) is 2.22. The number of methoxy groups -OCH3 is 2. The van der Waals surface area contributed by atoms with E-state index in [0.29, 0.717) is 0 Å². The molecular weight excluding hydrogens is 272 g/mol. The largest absolute Gasteiger partial charge is 0.497 e. The zero-order valence-corrected chi connectivity index (χ0v) is 13.1. The minimum atomic E-state index is 0.753. The van der Waals surface area contributed by atoms with E-state index in [0.717, 1.165) is 41.3 Å². The average Bonchev–Trinajstić information content (AvgIpc) is 2.47. The second-order valence-corrected chi connectivity index (χ2v) is 5.55. The summed E-state index contributed by atoms with van der Waals surface area (Å²) in [5.41, 5.74) is 0.843.